The third kappa shape index (κ3) is 2.76. The Kier molecular flexibility index (Phi) is 4.24. The molecule has 0 aliphatic heterocycles. The molecule has 0 atom stereocenters. The van der Waals surface area contributed by atoms with Crippen LogP contribution in [-0.4, -0.2) is 23.0 Å². The highest BCUT2D eigenvalue weighted by molar-refractivity contribution is 5.74. The van der Waals surface area contributed by atoms with Crippen LogP contribution in [0.4, 0.5) is 14.5 Å². The number of alkyl halides is 2. The van der Waals surface area contributed by atoms with Crippen molar-refractivity contribution >= 4 is 11.7 Å². The number of carbonyl (C=O) groups is 1. The number of ether oxygens (including phenoxy) is 1. The Morgan fingerprint density at radius 2 is 2.22 bits per heavy atom. The molecule has 0 saturated heterocycles. The SMILES string of the molecule is COC(=O)Cc1c([N+](=O)[O-])cnc(C(F)F)c1C. The van der Waals surface area contributed by atoms with Crippen LogP contribution in [0.5, 0.6) is 0 Å². The van der Waals surface area contributed by atoms with Gasteiger partial charge in [-0.25, -0.2) is 13.8 Å². The molecule has 0 radical (unpaired) electrons. The first-order valence-corrected chi connectivity index (χ1v) is 4.86. The largest absolute Gasteiger partial charge is 0.469 e. The van der Waals surface area contributed by atoms with Gasteiger partial charge in [-0.1, -0.05) is 0 Å². The quantitative estimate of drug-likeness (QED) is 0.469. The fourth-order valence-corrected chi connectivity index (χ4v) is 1.47. The molecule has 0 unspecified atom stereocenters. The van der Waals surface area contributed by atoms with Gasteiger partial charge in [0.2, 0.25) is 0 Å². The number of nitro groups is 1. The lowest BCUT2D eigenvalue weighted by atomic mass is 10.0. The van der Waals surface area contributed by atoms with Gasteiger partial charge < -0.3 is 4.74 Å². The van der Waals surface area contributed by atoms with Crippen LogP contribution in [0, 0.1) is 17.0 Å². The summed E-state index contributed by atoms with van der Waals surface area (Å²) in [5, 5.41) is 10.8. The van der Waals surface area contributed by atoms with Gasteiger partial charge in [-0.2, -0.15) is 0 Å². The van der Waals surface area contributed by atoms with Crippen molar-refractivity contribution in [2.24, 2.45) is 0 Å². The van der Waals surface area contributed by atoms with Gasteiger partial charge in [-0.05, 0) is 12.5 Å². The lowest BCUT2D eigenvalue weighted by molar-refractivity contribution is -0.385. The van der Waals surface area contributed by atoms with E-state index in [9.17, 15) is 23.7 Å². The van der Waals surface area contributed by atoms with Crippen LogP contribution in [0.3, 0.4) is 0 Å². The van der Waals surface area contributed by atoms with E-state index in [4.69, 9.17) is 0 Å². The van der Waals surface area contributed by atoms with E-state index >= 15 is 0 Å². The minimum Gasteiger partial charge on any atom is -0.469 e. The molecule has 8 heteroatoms. The third-order valence-electron chi connectivity index (χ3n) is 2.42. The molecule has 1 rings (SSSR count). The van der Waals surface area contributed by atoms with Crippen LogP contribution in [-0.2, 0) is 16.0 Å². The average molecular weight is 260 g/mol. The van der Waals surface area contributed by atoms with Crippen molar-refractivity contribution in [3.05, 3.63) is 33.1 Å². The summed E-state index contributed by atoms with van der Waals surface area (Å²) < 4.78 is 29.6. The molecule has 0 fully saturated rings. The molecule has 0 aliphatic rings. The smallest absolute Gasteiger partial charge is 0.310 e. The van der Waals surface area contributed by atoms with E-state index in [2.05, 4.69) is 9.72 Å². The normalized spacial score (nSPS) is 10.5. The Bertz CT molecular complexity index is 491. The summed E-state index contributed by atoms with van der Waals surface area (Å²) in [6.45, 7) is 1.26. The van der Waals surface area contributed by atoms with Gasteiger partial charge in [0.25, 0.3) is 12.1 Å². The predicted octanol–water partition coefficient (Wildman–Crippen LogP) is 1.95. The Hall–Kier alpha value is -2.12. The number of rotatable bonds is 4. The summed E-state index contributed by atoms with van der Waals surface area (Å²) >= 11 is 0. The van der Waals surface area contributed by atoms with Crippen LogP contribution in [0.15, 0.2) is 6.20 Å². The van der Waals surface area contributed by atoms with E-state index in [1.807, 2.05) is 0 Å². The summed E-state index contributed by atoms with van der Waals surface area (Å²) in [5.41, 5.74) is -1.21. The molecule has 1 aromatic heterocycles. The third-order valence-corrected chi connectivity index (χ3v) is 2.42. The van der Waals surface area contributed by atoms with Gasteiger partial charge >= 0.3 is 5.97 Å². The Labute approximate surface area is 101 Å². The van der Waals surface area contributed by atoms with Gasteiger partial charge in [-0.15, -0.1) is 0 Å². The zero-order chi connectivity index (χ0) is 13.9. The number of esters is 1. The Morgan fingerprint density at radius 3 is 2.67 bits per heavy atom. The number of pyridine rings is 1. The number of carbonyl (C=O) groups excluding carboxylic acids is 1. The van der Waals surface area contributed by atoms with Crippen molar-refractivity contribution in [2.75, 3.05) is 7.11 Å². The summed E-state index contributed by atoms with van der Waals surface area (Å²) in [5.74, 6) is -0.743. The van der Waals surface area contributed by atoms with E-state index in [0.29, 0.717) is 0 Å². The van der Waals surface area contributed by atoms with Gasteiger partial charge in [-0.3, -0.25) is 14.9 Å². The maximum absolute atomic E-state index is 12.6. The summed E-state index contributed by atoms with van der Waals surface area (Å²) in [6.07, 6.45) is -2.57. The van der Waals surface area contributed by atoms with Crippen LogP contribution in [0.25, 0.3) is 0 Å². The molecule has 98 valence electrons. The summed E-state index contributed by atoms with van der Waals surface area (Å²) in [6, 6.07) is 0. The van der Waals surface area contributed by atoms with Gasteiger partial charge in [0.15, 0.2) is 0 Å². The fraction of sp³-hybridized carbons (Fsp3) is 0.400. The molecule has 0 saturated carbocycles. The van der Waals surface area contributed by atoms with Crippen LogP contribution in [0.2, 0.25) is 0 Å². The highest BCUT2D eigenvalue weighted by Gasteiger charge is 2.25. The summed E-state index contributed by atoms with van der Waals surface area (Å²) in [4.78, 5) is 24.5. The molecule has 0 bridgehead atoms. The van der Waals surface area contributed by atoms with Gasteiger partial charge in [0.05, 0.1) is 18.5 Å². The molecule has 6 nitrogen and oxygen atoms in total. The molecule has 0 amide bonds. The lowest BCUT2D eigenvalue weighted by Crippen LogP contribution is -2.11. The second kappa shape index (κ2) is 5.48. The second-order valence-electron chi connectivity index (χ2n) is 3.44. The van der Waals surface area contributed by atoms with E-state index in [-0.39, 0.29) is 11.1 Å². The van der Waals surface area contributed by atoms with E-state index in [1.165, 1.54) is 6.92 Å². The lowest BCUT2D eigenvalue weighted by Gasteiger charge is -2.09. The predicted molar refractivity (Wildman–Crippen MR) is 56.3 cm³/mol. The van der Waals surface area contributed by atoms with E-state index in [0.717, 1.165) is 13.3 Å². The van der Waals surface area contributed by atoms with Gasteiger partial charge in [0, 0.05) is 5.56 Å². The van der Waals surface area contributed by atoms with Crippen molar-refractivity contribution in [1.29, 1.82) is 0 Å². The van der Waals surface area contributed by atoms with Crippen molar-refractivity contribution in [2.45, 2.75) is 19.8 Å². The maximum atomic E-state index is 12.6. The molecule has 0 aromatic carbocycles. The van der Waals surface area contributed by atoms with Crippen LogP contribution < -0.4 is 0 Å². The van der Waals surface area contributed by atoms with Crippen molar-refractivity contribution < 1.29 is 23.2 Å². The first-order chi connectivity index (χ1) is 8.38. The first kappa shape index (κ1) is 13.9. The standard InChI is InChI=1S/C10H10F2N2O4/c1-5-6(3-8(15)18-2)7(14(16)17)4-13-9(5)10(11)12/h4,10H,3H2,1-2H3. The second-order valence-corrected chi connectivity index (χ2v) is 3.44. The molecule has 0 N–H and O–H groups in total. The molecule has 1 heterocycles. The van der Waals surface area contributed by atoms with Crippen molar-refractivity contribution in [3.63, 3.8) is 0 Å². The maximum Gasteiger partial charge on any atom is 0.310 e. The number of nitrogens with zero attached hydrogens (tertiary/aromatic N) is 2. The highest BCUT2D eigenvalue weighted by Crippen LogP contribution is 2.29. The van der Waals surface area contributed by atoms with Crippen LogP contribution in [0.1, 0.15) is 23.2 Å². The number of halogens is 2. The van der Waals surface area contributed by atoms with E-state index < -0.39 is 35.1 Å². The van der Waals surface area contributed by atoms with Crippen molar-refractivity contribution in [1.82, 2.24) is 4.98 Å². The average Bonchev–Trinajstić information content (AvgIpc) is 2.30. The first-order valence-electron chi connectivity index (χ1n) is 4.86. The molecule has 18 heavy (non-hydrogen) atoms. The molecule has 0 aliphatic carbocycles. The zero-order valence-electron chi connectivity index (χ0n) is 9.65. The minimum absolute atomic E-state index is 0.0652. The van der Waals surface area contributed by atoms with Gasteiger partial charge in [0.1, 0.15) is 11.9 Å². The molecular weight excluding hydrogens is 250 g/mol. The zero-order valence-corrected chi connectivity index (χ0v) is 9.65. The monoisotopic (exact) mass is 260 g/mol. The van der Waals surface area contributed by atoms with E-state index in [1.54, 1.807) is 0 Å². The molecular formula is C10H10F2N2O4. The fourth-order valence-electron chi connectivity index (χ4n) is 1.47. The highest BCUT2D eigenvalue weighted by atomic mass is 19.3. The number of aromatic nitrogens is 1. The molecule has 1 aromatic rings. The topological polar surface area (TPSA) is 82.3 Å². The minimum atomic E-state index is -2.86. The Balaban J connectivity index is 3.35. The van der Waals surface area contributed by atoms with Crippen LogP contribution >= 0.6 is 0 Å². The summed E-state index contributed by atoms with van der Waals surface area (Å²) in [7, 11) is 1.11. The number of hydrogen-bond donors (Lipinski definition) is 0. The number of methoxy groups -OCH3 is 1. The van der Waals surface area contributed by atoms with Crippen molar-refractivity contribution in [3.8, 4) is 0 Å². The Morgan fingerprint density at radius 1 is 1.61 bits per heavy atom. The number of hydrogen-bond acceptors (Lipinski definition) is 5. The molecule has 0 spiro atoms.